The number of imidazole rings is 2. The number of amides is 2. The summed E-state index contributed by atoms with van der Waals surface area (Å²) in [6, 6.07) is 16.8. The van der Waals surface area contributed by atoms with Gasteiger partial charge in [0.15, 0.2) is 0 Å². The molecule has 2 N–H and O–H groups in total. The molecule has 2 aromatic heterocycles. The second kappa shape index (κ2) is 12.7. The summed E-state index contributed by atoms with van der Waals surface area (Å²) < 4.78 is 17.8. The summed E-state index contributed by atoms with van der Waals surface area (Å²) >= 11 is 0. The zero-order valence-electron chi connectivity index (χ0n) is 30.7. The van der Waals surface area contributed by atoms with Crippen LogP contribution in [-0.2, 0) is 16.1 Å². The molecule has 11 nitrogen and oxygen atoms in total. The van der Waals surface area contributed by atoms with Crippen molar-refractivity contribution in [2.75, 3.05) is 13.1 Å². The standard InChI is InChI=1S/C41H46N6O5/c1-40(2,3)51-38(48)46-17-7-9-33(46)36-42-21-31(44-36)25-13-15-29-24(19-25)11-16-30-28-14-12-26(20-27(28)23-50-35(29)30)32-22-43-37(45-32)34-10-8-18-47(34)39(49)52-41(4,5)6/h11-16,19-22,33-34H,7-10,17-18,23H2,1-6H3,(H,42,44)(H,43,45)/t33-,34-/m0/s1. The normalized spacial score (nSPS) is 18.7. The number of fused-ring (bicyclic) bond motifs is 5. The first-order valence-electron chi connectivity index (χ1n) is 18.2. The third kappa shape index (κ3) is 6.48. The van der Waals surface area contributed by atoms with Crippen molar-refractivity contribution in [2.24, 2.45) is 0 Å². The van der Waals surface area contributed by atoms with E-state index in [1.165, 1.54) is 0 Å². The van der Waals surface area contributed by atoms with E-state index in [1.54, 1.807) is 9.80 Å². The number of hydrogen-bond donors (Lipinski definition) is 2. The van der Waals surface area contributed by atoms with Crippen molar-refractivity contribution in [1.82, 2.24) is 29.7 Å². The van der Waals surface area contributed by atoms with Gasteiger partial charge in [-0.15, -0.1) is 0 Å². The van der Waals surface area contributed by atoms with Crippen molar-refractivity contribution in [3.8, 4) is 39.4 Å². The molecule has 270 valence electrons. The van der Waals surface area contributed by atoms with Gasteiger partial charge in [0.2, 0.25) is 0 Å². The van der Waals surface area contributed by atoms with Gasteiger partial charge in [-0.3, -0.25) is 9.80 Å². The largest absolute Gasteiger partial charge is 0.488 e. The number of aromatic amines is 2. The van der Waals surface area contributed by atoms with Gasteiger partial charge >= 0.3 is 12.2 Å². The van der Waals surface area contributed by atoms with Crippen LogP contribution >= 0.6 is 0 Å². The minimum Gasteiger partial charge on any atom is -0.488 e. The van der Waals surface area contributed by atoms with Gasteiger partial charge in [-0.2, -0.15) is 0 Å². The minimum atomic E-state index is -0.549. The number of aromatic nitrogens is 4. The summed E-state index contributed by atoms with van der Waals surface area (Å²) in [5, 5.41) is 2.12. The zero-order chi connectivity index (χ0) is 36.4. The summed E-state index contributed by atoms with van der Waals surface area (Å²) in [5.41, 5.74) is 6.04. The smallest absolute Gasteiger partial charge is 0.410 e. The highest BCUT2D eigenvalue weighted by atomic mass is 16.6. The van der Waals surface area contributed by atoms with Crippen LogP contribution < -0.4 is 4.74 Å². The summed E-state index contributed by atoms with van der Waals surface area (Å²) in [6.45, 7) is 13.1. The highest BCUT2D eigenvalue weighted by molar-refractivity contribution is 5.98. The van der Waals surface area contributed by atoms with Crippen LogP contribution in [0.4, 0.5) is 9.59 Å². The number of H-pyrrole nitrogens is 2. The van der Waals surface area contributed by atoms with E-state index in [4.69, 9.17) is 24.2 Å². The van der Waals surface area contributed by atoms with E-state index in [9.17, 15) is 9.59 Å². The van der Waals surface area contributed by atoms with E-state index in [0.29, 0.717) is 19.7 Å². The van der Waals surface area contributed by atoms with Crippen molar-refractivity contribution in [3.63, 3.8) is 0 Å². The molecular weight excluding hydrogens is 656 g/mol. The molecule has 11 heteroatoms. The van der Waals surface area contributed by atoms with Crippen LogP contribution in [-0.4, -0.2) is 66.2 Å². The fourth-order valence-corrected chi connectivity index (χ4v) is 7.62. The predicted octanol–water partition coefficient (Wildman–Crippen LogP) is 9.32. The Bertz CT molecular complexity index is 2170. The highest BCUT2D eigenvalue weighted by Gasteiger charge is 2.36. The lowest BCUT2D eigenvalue weighted by atomic mass is 9.92. The number of benzene rings is 3. The van der Waals surface area contributed by atoms with E-state index in [-0.39, 0.29) is 24.3 Å². The van der Waals surface area contributed by atoms with Gasteiger partial charge in [-0.25, -0.2) is 19.6 Å². The van der Waals surface area contributed by atoms with Crippen LogP contribution in [0.5, 0.6) is 5.75 Å². The molecule has 3 aliphatic rings. The highest BCUT2D eigenvalue weighted by Crippen LogP contribution is 2.44. The van der Waals surface area contributed by atoms with Gasteiger partial charge in [-0.1, -0.05) is 30.3 Å². The fraction of sp³-hybridized carbons (Fsp3) is 0.415. The first-order valence-corrected chi connectivity index (χ1v) is 18.2. The number of nitrogens with one attached hydrogen (secondary N) is 2. The van der Waals surface area contributed by atoms with Crippen LogP contribution in [0.2, 0.25) is 0 Å². The van der Waals surface area contributed by atoms with E-state index >= 15 is 0 Å². The molecule has 3 aliphatic heterocycles. The maximum Gasteiger partial charge on any atom is 0.410 e. The average molecular weight is 703 g/mol. The Morgan fingerprint density at radius 2 is 1.27 bits per heavy atom. The van der Waals surface area contributed by atoms with Crippen molar-refractivity contribution in [2.45, 2.75) is 97.1 Å². The van der Waals surface area contributed by atoms with Crippen LogP contribution in [0, 0.1) is 0 Å². The van der Waals surface area contributed by atoms with E-state index < -0.39 is 11.2 Å². The summed E-state index contributed by atoms with van der Waals surface area (Å²) in [7, 11) is 0. The van der Waals surface area contributed by atoms with Gasteiger partial charge in [0, 0.05) is 29.6 Å². The molecule has 8 rings (SSSR count). The molecule has 0 spiro atoms. The van der Waals surface area contributed by atoms with Crippen molar-refractivity contribution in [3.05, 3.63) is 78.1 Å². The molecule has 5 aromatic rings. The number of ether oxygens (including phenoxy) is 3. The Hall–Kier alpha value is -5.32. The fourth-order valence-electron chi connectivity index (χ4n) is 7.62. The quantitative estimate of drug-likeness (QED) is 0.191. The van der Waals surface area contributed by atoms with Crippen molar-refractivity contribution in [1.29, 1.82) is 0 Å². The molecule has 2 amide bonds. The second-order valence-corrected chi connectivity index (χ2v) is 16.1. The molecule has 5 heterocycles. The number of hydrogen-bond acceptors (Lipinski definition) is 7. The maximum atomic E-state index is 12.9. The third-order valence-electron chi connectivity index (χ3n) is 9.94. The van der Waals surface area contributed by atoms with Crippen molar-refractivity contribution < 1.29 is 23.8 Å². The number of rotatable bonds is 4. The van der Waals surface area contributed by atoms with E-state index in [2.05, 4.69) is 58.5 Å². The molecule has 2 saturated heterocycles. The predicted molar refractivity (Wildman–Crippen MR) is 199 cm³/mol. The van der Waals surface area contributed by atoms with Gasteiger partial charge in [0.25, 0.3) is 0 Å². The number of carbonyl (C=O) groups is 2. The minimum absolute atomic E-state index is 0.137. The molecule has 52 heavy (non-hydrogen) atoms. The van der Waals surface area contributed by atoms with Crippen molar-refractivity contribution >= 4 is 23.0 Å². The molecule has 3 aromatic carbocycles. The number of carbonyl (C=O) groups excluding carboxylic acids is 2. The second-order valence-electron chi connectivity index (χ2n) is 16.1. The molecule has 0 unspecified atom stereocenters. The van der Waals surface area contributed by atoms with Crippen LogP contribution in [0.15, 0.2) is 60.9 Å². The molecule has 0 aliphatic carbocycles. The average Bonchev–Trinajstić information content (AvgIpc) is 3.92. The molecule has 0 radical (unpaired) electrons. The summed E-state index contributed by atoms with van der Waals surface area (Å²) in [6.07, 6.45) is 6.59. The van der Waals surface area contributed by atoms with Gasteiger partial charge in [0.1, 0.15) is 35.2 Å². The van der Waals surface area contributed by atoms with Crippen LogP contribution in [0.25, 0.3) is 44.4 Å². The molecular formula is C41H46N6O5. The Balaban J connectivity index is 1.01. The van der Waals surface area contributed by atoms with E-state index in [1.807, 2.05) is 53.9 Å². The Labute approximate surface area is 303 Å². The third-order valence-corrected chi connectivity index (χ3v) is 9.94. The lowest BCUT2D eigenvalue weighted by molar-refractivity contribution is 0.0208. The summed E-state index contributed by atoms with van der Waals surface area (Å²) in [5.74, 6) is 2.42. The number of likely N-dealkylation sites (tertiary alicyclic amines) is 2. The molecule has 2 fully saturated rings. The monoisotopic (exact) mass is 702 g/mol. The van der Waals surface area contributed by atoms with E-state index in [0.717, 1.165) is 93.1 Å². The first kappa shape index (κ1) is 33.8. The molecule has 2 atom stereocenters. The lowest BCUT2D eigenvalue weighted by Gasteiger charge is -2.27. The SMILES string of the molecule is CC(C)(C)OC(=O)N1CCC[C@H]1c1ncc(-c2ccc3c(c2)COc2c-3ccc3cc(-c4cnc([C@@H]5CCCN5C(=O)OC(C)(C)C)[nH]4)ccc23)[nH]1. The lowest BCUT2D eigenvalue weighted by Crippen LogP contribution is -2.36. The topological polar surface area (TPSA) is 126 Å². The van der Waals surface area contributed by atoms with Gasteiger partial charge in [-0.05, 0) is 108 Å². The molecule has 0 bridgehead atoms. The maximum absolute atomic E-state index is 12.9. The number of nitrogens with zero attached hydrogens (tertiary/aromatic N) is 4. The molecule has 0 saturated carbocycles. The van der Waals surface area contributed by atoms with Gasteiger partial charge in [0.05, 0.1) is 35.9 Å². The summed E-state index contributed by atoms with van der Waals surface area (Å²) in [4.78, 5) is 45.7. The van der Waals surface area contributed by atoms with Crippen LogP contribution in [0.3, 0.4) is 0 Å². The Morgan fingerprint density at radius 1 is 0.731 bits per heavy atom. The van der Waals surface area contributed by atoms with Crippen LogP contribution in [0.1, 0.15) is 96.5 Å². The van der Waals surface area contributed by atoms with Gasteiger partial charge < -0.3 is 24.2 Å². The first-order chi connectivity index (χ1) is 24.8. The zero-order valence-corrected chi connectivity index (χ0v) is 30.7. The Morgan fingerprint density at radius 3 is 1.85 bits per heavy atom. The Kier molecular flexibility index (Phi) is 8.27.